The van der Waals surface area contributed by atoms with E-state index in [2.05, 4.69) is 20.7 Å². The highest BCUT2D eigenvalue weighted by atomic mass is 32.2. The molecular formula is C7H9N7O2S. The molecule has 9 nitrogen and oxygen atoms in total. The molecular weight excluding hydrogens is 246 g/mol. The fourth-order valence-corrected chi connectivity index (χ4v) is 1.77. The van der Waals surface area contributed by atoms with E-state index >= 15 is 0 Å². The lowest BCUT2D eigenvalue weighted by molar-refractivity contribution is 0.0944. The number of nitrogens with one attached hydrogen (secondary N) is 1. The monoisotopic (exact) mass is 255 g/mol. The number of rotatable bonds is 4. The van der Waals surface area contributed by atoms with Crippen LogP contribution in [0.5, 0.6) is 0 Å². The van der Waals surface area contributed by atoms with Crippen molar-refractivity contribution >= 4 is 17.7 Å². The molecule has 0 atom stereocenters. The molecule has 10 heteroatoms. The molecule has 0 aromatic carbocycles. The summed E-state index contributed by atoms with van der Waals surface area (Å²) in [6.07, 6.45) is 0. The van der Waals surface area contributed by atoms with E-state index in [0.29, 0.717) is 16.7 Å². The Morgan fingerprint density at radius 2 is 2.53 bits per heavy atom. The number of amides is 1. The predicted octanol–water partition coefficient (Wildman–Crippen LogP) is -0.906. The second kappa shape index (κ2) is 4.93. The summed E-state index contributed by atoms with van der Waals surface area (Å²) < 4.78 is 6.50. The first kappa shape index (κ1) is 11.5. The Hall–Kier alpha value is -1.94. The molecule has 0 fully saturated rings. The average molecular weight is 255 g/mol. The molecule has 2 heterocycles. The first-order valence-corrected chi connectivity index (χ1v) is 5.51. The summed E-state index contributed by atoms with van der Waals surface area (Å²) in [5.41, 5.74) is 2.11. The van der Waals surface area contributed by atoms with E-state index in [-0.39, 0.29) is 5.69 Å². The minimum absolute atomic E-state index is 0.138. The van der Waals surface area contributed by atoms with Crippen molar-refractivity contribution in [3.63, 3.8) is 0 Å². The molecule has 0 radical (unpaired) electrons. The summed E-state index contributed by atoms with van der Waals surface area (Å²) >= 11 is 1.37. The summed E-state index contributed by atoms with van der Waals surface area (Å²) in [4.78, 5) is 11.1. The highest BCUT2D eigenvalue weighted by Crippen LogP contribution is 2.19. The Kier molecular flexibility index (Phi) is 3.35. The Labute approximate surface area is 99.7 Å². The molecule has 2 aromatic heterocycles. The van der Waals surface area contributed by atoms with E-state index in [1.165, 1.54) is 22.5 Å². The minimum atomic E-state index is -0.495. The van der Waals surface area contributed by atoms with Crippen LogP contribution in [0.3, 0.4) is 0 Å². The number of nitrogens with zero attached hydrogens (tertiary/aromatic N) is 5. The molecule has 0 aliphatic rings. The van der Waals surface area contributed by atoms with Crippen LogP contribution in [0.15, 0.2) is 15.7 Å². The molecule has 1 amide bonds. The second-order valence-electron chi connectivity index (χ2n) is 3.03. The van der Waals surface area contributed by atoms with Crippen molar-refractivity contribution in [1.29, 1.82) is 0 Å². The number of hydrogen-bond donors (Lipinski definition) is 2. The number of nitrogen functional groups attached to an aromatic ring is 1. The highest BCUT2D eigenvalue weighted by Gasteiger charge is 2.12. The van der Waals surface area contributed by atoms with Crippen molar-refractivity contribution in [2.45, 2.75) is 10.9 Å². The summed E-state index contributed by atoms with van der Waals surface area (Å²) in [5.74, 6) is 5.48. The zero-order valence-electron chi connectivity index (χ0n) is 8.82. The van der Waals surface area contributed by atoms with Crippen LogP contribution in [0.25, 0.3) is 0 Å². The van der Waals surface area contributed by atoms with E-state index in [0.717, 1.165) is 0 Å². The van der Waals surface area contributed by atoms with E-state index in [4.69, 9.17) is 10.4 Å². The normalized spacial score (nSPS) is 10.5. The van der Waals surface area contributed by atoms with Gasteiger partial charge in [0.1, 0.15) is 5.76 Å². The van der Waals surface area contributed by atoms with Crippen LogP contribution >= 0.6 is 11.8 Å². The molecule has 0 spiro atoms. The van der Waals surface area contributed by atoms with Gasteiger partial charge >= 0.3 is 0 Å². The molecule has 3 N–H and O–H groups in total. The predicted molar refractivity (Wildman–Crippen MR) is 56.5 cm³/mol. The molecule has 17 heavy (non-hydrogen) atoms. The third-order valence-corrected chi connectivity index (χ3v) is 2.88. The summed E-state index contributed by atoms with van der Waals surface area (Å²) in [6, 6.07) is 1.51. The Morgan fingerprint density at radius 3 is 3.18 bits per heavy atom. The second-order valence-corrected chi connectivity index (χ2v) is 3.97. The summed E-state index contributed by atoms with van der Waals surface area (Å²) in [6.45, 7) is 0. The third-order valence-electron chi connectivity index (χ3n) is 1.85. The number of carbonyl (C=O) groups is 1. The third kappa shape index (κ3) is 2.60. The van der Waals surface area contributed by atoms with E-state index in [1.54, 1.807) is 7.05 Å². The van der Waals surface area contributed by atoms with Crippen LogP contribution in [-0.2, 0) is 12.8 Å². The van der Waals surface area contributed by atoms with Gasteiger partial charge < -0.3 is 4.52 Å². The first-order chi connectivity index (χ1) is 8.20. The summed E-state index contributed by atoms with van der Waals surface area (Å²) in [7, 11) is 1.73. The smallest absolute Gasteiger partial charge is 0.287 e. The lowest BCUT2D eigenvalue weighted by Gasteiger charge is -1.94. The van der Waals surface area contributed by atoms with Gasteiger partial charge in [-0.05, 0) is 10.4 Å². The number of hydrogen-bond acceptors (Lipinski definition) is 8. The van der Waals surface area contributed by atoms with Gasteiger partial charge in [0, 0.05) is 13.1 Å². The number of nitrogens with two attached hydrogens (primary N) is 1. The maximum absolute atomic E-state index is 11.1. The van der Waals surface area contributed by atoms with Crippen molar-refractivity contribution in [3.05, 3.63) is 17.5 Å². The molecule has 0 unspecified atom stereocenters. The molecule has 0 saturated heterocycles. The van der Waals surface area contributed by atoms with E-state index in [9.17, 15) is 4.79 Å². The van der Waals surface area contributed by atoms with Gasteiger partial charge in [0.05, 0.1) is 5.75 Å². The van der Waals surface area contributed by atoms with Crippen LogP contribution < -0.4 is 11.3 Å². The fourth-order valence-electron chi connectivity index (χ4n) is 1.04. The fraction of sp³-hybridized carbons (Fsp3) is 0.286. The van der Waals surface area contributed by atoms with Gasteiger partial charge in [0.15, 0.2) is 5.69 Å². The van der Waals surface area contributed by atoms with Gasteiger partial charge in [-0.25, -0.2) is 10.5 Å². The van der Waals surface area contributed by atoms with E-state index < -0.39 is 5.91 Å². The molecule has 0 aliphatic heterocycles. The van der Waals surface area contributed by atoms with Gasteiger partial charge in [0.2, 0.25) is 5.16 Å². The molecule has 0 bridgehead atoms. The van der Waals surface area contributed by atoms with Crippen LogP contribution in [0.4, 0.5) is 0 Å². The molecule has 2 aromatic rings. The maximum atomic E-state index is 11.1. The van der Waals surface area contributed by atoms with Crippen molar-refractivity contribution in [2.24, 2.45) is 12.9 Å². The van der Waals surface area contributed by atoms with Crippen LogP contribution in [0, 0.1) is 0 Å². The molecule has 90 valence electrons. The Balaban J connectivity index is 1.98. The van der Waals surface area contributed by atoms with Gasteiger partial charge in [-0.3, -0.25) is 10.2 Å². The molecule has 0 aliphatic carbocycles. The van der Waals surface area contributed by atoms with Crippen LogP contribution in [0.2, 0.25) is 0 Å². The van der Waals surface area contributed by atoms with Crippen molar-refractivity contribution in [2.75, 3.05) is 0 Å². The van der Waals surface area contributed by atoms with Crippen LogP contribution in [0.1, 0.15) is 16.2 Å². The lowest BCUT2D eigenvalue weighted by Crippen LogP contribution is -2.30. The maximum Gasteiger partial charge on any atom is 0.287 e. The number of thioether (sulfide) groups is 1. The Bertz CT molecular complexity index is 522. The van der Waals surface area contributed by atoms with Gasteiger partial charge in [-0.2, -0.15) is 0 Å². The van der Waals surface area contributed by atoms with Crippen LogP contribution in [-0.4, -0.2) is 31.3 Å². The van der Waals surface area contributed by atoms with Gasteiger partial charge in [0.25, 0.3) is 5.91 Å². The van der Waals surface area contributed by atoms with Gasteiger partial charge in [-0.15, -0.1) is 5.10 Å². The SMILES string of the molecule is Cn1nnnc1SCc1cc(C(=O)NN)no1. The quantitative estimate of drug-likeness (QED) is 0.311. The number of aryl methyl sites for hydroxylation is 1. The number of tetrazole rings is 1. The van der Waals surface area contributed by atoms with Gasteiger partial charge in [-0.1, -0.05) is 16.9 Å². The Morgan fingerprint density at radius 1 is 1.71 bits per heavy atom. The largest absolute Gasteiger partial charge is 0.360 e. The first-order valence-electron chi connectivity index (χ1n) is 4.52. The number of carbonyl (C=O) groups excluding carboxylic acids is 1. The molecule has 0 saturated carbocycles. The van der Waals surface area contributed by atoms with Crippen molar-refractivity contribution < 1.29 is 9.32 Å². The van der Waals surface area contributed by atoms with Crippen molar-refractivity contribution in [1.82, 2.24) is 30.8 Å². The standard InChI is InChI=1S/C7H9N7O2S/c1-14-7(10-12-13-14)17-3-4-2-5(11-16-4)6(15)9-8/h2H,3,8H2,1H3,(H,9,15). The zero-order chi connectivity index (χ0) is 12.3. The average Bonchev–Trinajstić information content (AvgIpc) is 2.94. The zero-order valence-corrected chi connectivity index (χ0v) is 9.64. The topological polar surface area (TPSA) is 125 Å². The summed E-state index contributed by atoms with van der Waals surface area (Å²) in [5, 5.41) is 15.2. The minimum Gasteiger partial charge on any atom is -0.360 e. The lowest BCUT2D eigenvalue weighted by atomic mass is 10.4. The molecule has 2 rings (SSSR count). The van der Waals surface area contributed by atoms with E-state index in [1.807, 2.05) is 5.43 Å². The number of hydrazine groups is 1. The van der Waals surface area contributed by atoms with Crippen molar-refractivity contribution in [3.8, 4) is 0 Å². The highest BCUT2D eigenvalue weighted by molar-refractivity contribution is 7.98. The number of aromatic nitrogens is 5.